The number of hydrogen-bond acceptors (Lipinski definition) is 3. The molecule has 2 aromatic rings. The van der Waals surface area contributed by atoms with Crippen molar-refractivity contribution in [3.63, 3.8) is 0 Å². The van der Waals surface area contributed by atoms with Gasteiger partial charge in [0.2, 0.25) is 0 Å². The lowest BCUT2D eigenvalue weighted by Crippen LogP contribution is -2.35. The minimum absolute atomic E-state index is 0.0990. The molecule has 2 aliphatic rings. The number of fused-ring (bicyclic) bond motifs is 1. The number of para-hydroxylation sites is 1. The molecular weight excluding hydrogens is 384 g/mol. The lowest BCUT2D eigenvalue weighted by atomic mass is 9.89. The summed E-state index contributed by atoms with van der Waals surface area (Å²) >= 11 is 6.00. The van der Waals surface area contributed by atoms with Crippen molar-refractivity contribution < 1.29 is 9.53 Å². The molecule has 4 nitrogen and oxygen atoms in total. The fourth-order valence-electron chi connectivity index (χ4n) is 4.38. The molecule has 0 bridgehead atoms. The first-order chi connectivity index (χ1) is 14.2. The number of nitrogens with zero attached hydrogens (tertiary/aromatic N) is 2. The predicted molar refractivity (Wildman–Crippen MR) is 117 cm³/mol. The molecule has 29 heavy (non-hydrogen) atoms. The molecule has 0 aromatic heterocycles. The van der Waals surface area contributed by atoms with Crippen molar-refractivity contribution in [3.05, 3.63) is 64.7 Å². The number of piperidine rings is 1. The quantitative estimate of drug-likeness (QED) is 0.637. The molecule has 1 saturated heterocycles. The minimum Gasteiger partial charge on any atom is -0.491 e. The fourth-order valence-corrected chi connectivity index (χ4v) is 4.51. The van der Waals surface area contributed by atoms with Crippen LogP contribution in [0.25, 0.3) is 0 Å². The van der Waals surface area contributed by atoms with Gasteiger partial charge in [-0.15, -0.1) is 0 Å². The number of amides is 1. The molecule has 5 heteroatoms. The van der Waals surface area contributed by atoms with E-state index in [1.807, 2.05) is 41.3 Å². The van der Waals surface area contributed by atoms with E-state index in [0.717, 1.165) is 44.0 Å². The van der Waals surface area contributed by atoms with Crippen LogP contribution in [0.5, 0.6) is 5.75 Å². The van der Waals surface area contributed by atoms with Gasteiger partial charge in [-0.25, -0.2) is 0 Å². The van der Waals surface area contributed by atoms with Gasteiger partial charge < -0.3 is 14.5 Å². The highest BCUT2D eigenvalue weighted by Gasteiger charge is 2.23. The van der Waals surface area contributed by atoms with Crippen molar-refractivity contribution >= 4 is 17.5 Å². The van der Waals surface area contributed by atoms with Crippen molar-refractivity contribution in [1.82, 2.24) is 9.80 Å². The highest BCUT2D eigenvalue weighted by molar-refractivity contribution is 6.30. The summed E-state index contributed by atoms with van der Waals surface area (Å²) < 4.78 is 5.73. The first-order valence-corrected chi connectivity index (χ1v) is 11.1. The molecule has 0 radical (unpaired) electrons. The maximum Gasteiger partial charge on any atom is 0.257 e. The Morgan fingerprint density at radius 3 is 2.45 bits per heavy atom. The Balaban J connectivity index is 1.19. The summed E-state index contributed by atoms with van der Waals surface area (Å²) in [5.41, 5.74) is 2.10. The second kappa shape index (κ2) is 9.64. The molecule has 0 N–H and O–H groups in total. The molecule has 154 valence electrons. The smallest absolute Gasteiger partial charge is 0.257 e. The summed E-state index contributed by atoms with van der Waals surface area (Å²) in [4.78, 5) is 17.3. The monoisotopic (exact) mass is 412 g/mol. The lowest BCUT2D eigenvalue weighted by Gasteiger charge is -2.32. The van der Waals surface area contributed by atoms with Crippen molar-refractivity contribution in [1.29, 1.82) is 0 Å². The van der Waals surface area contributed by atoms with E-state index in [9.17, 15) is 4.79 Å². The van der Waals surface area contributed by atoms with Crippen molar-refractivity contribution in [2.75, 3.05) is 39.3 Å². The van der Waals surface area contributed by atoms with E-state index < -0.39 is 0 Å². The van der Waals surface area contributed by atoms with Gasteiger partial charge in [-0.2, -0.15) is 0 Å². The number of carbonyl (C=O) groups excluding carboxylic acids is 1. The number of unbranched alkanes of at least 4 members (excludes halogenated alkanes) is 1. The van der Waals surface area contributed by atoms with E-state index in [1.54, 1.807) is 0 Å². The summed E-state index contributed by atoms with van der Waals surface area (Å²) in [6.45, 7) is 5.45. The molecule has 1 amide bonds. The van der Waals surface area contributed by atoms with Crippen molar-refractivity contribution in [3.8, 4) is 5.75 Å². The van der Waals surface area contributed by atoms with Gasteiger partial charge in [-0.05, 0) is 81.1 Å². The molecule has 0 saturated carbocycles. The van der Waals surface area contributed by atoms with E-state index in [-0.39, 0.29) is 5.91 Å². The maximum absolute atomic E-state index is 12.8. The molecule has 2 heterocycles. The Morgan fingerprint density at radius 1 is 0.931 bits per heavy atom. The van der Waals surface area contributed by atoms with Crippen LogP contribution in [0, 0.1) is 0 Å². The molecule has 1 fully saturated rings. The lowest BCUT2D eigenvalue weighted by molar-refractivity contribution is 0.0750. The SMILES string of the molecule is O=C1c2ccccc2OCCN1CCCCN1CCC(c2ccc(Cl)cc2)CC1. The highest BCUT2D eigenvalue weighted by Crippen LogP contribution is 2.29. The summed E-state index contributed by atoms with van der Waals surface area (Å²) in [6.07, 6.45) is 4.57. The van der Waals surface area contributed by atoms with Crippen LogP contribution >= 0.6 is 11.6 Å². The molecule has 0 aliphatic carbocycles. The Morgan fingerprint density at radius 2 is 1.66 bits per heavy atom. The summed E-state index contributed by atoms with van der Waals surface area (Å²) in [5, 5.41) is 0.809. The molecule has 2 aromatic carbocycles. The third-order valence-electron chi connectivity index (χ3n) is 6.10. The van der Waals surface area contributed by atoms with Gasteiger partial charge in [0, 0.05) is 11.6 Å². The van der Waals surface area contributed by atoms with Crippen LogP contribution in [0.4, 0.5) is 0 Å². The van der Waals surface area contributed by atoms with Crippen LogP contribution in [0.2, 0.25) is 5.02 Å². The topological polar surface area (TPSA) is 32.8 Å². The number of halogens is 1. The van der Waals surface area contributed by atoms with Gasteiger partial charge in [0.15, 0.2) is 0 Å². The number of likely N-dealkylation sites (tertiary alicyclic amines) is 1. The van der Waals surface area contributed by atoms with E-state index >= 15 is 0 Å². The summed E-state index contributed by atoms with van der Waals surface area (Å²) in [6, 6.07) is 15.9. The zero-order valence-electron chi connectivity index (χ0n) is 16.9. The van der Waals surface area contributed by atoms with Crippen molar-refractivity contribution in [2.24, 2.45) is 0 Å². The first-order valence-electron chi connectivity index (χ1n) is 10.7. The number of rotatable bonds is 6. The van der Waals surface area contributed by atoms with Crippen LogP contribution in [0.1, 0.15) is 47.5 Å². The number of ether oxygens (including phenoxy) is 1. The maximum atomic E-state index is 12.8. The zero-order valence-corrected chi connectivity index (χ0v) is 17.6. The van der Waals surface area contributed by atoms with E-state index in [1.165, 1.54) is 18.4 Å². The van der Waals surface area contributed by atoms with Crippen LogP contribution in [0.15, 0.2) is 48.5 Å². The van der Waals surface area contributed by atoms with Crippen LogP contribution in [-0.4, -0.2) is 55.0 Å². The zero-order chi connectivity index (χ0) is 20.1. The second-order valence-electron chi connectivity index (χ2n) is 8.01. The largest absolute Gasteiger partial charge is 0.491 e. The molecule has 0 spiro atoms. The summed E-state index contributed by atoms with van der Waals surface area (Å²) in [7, 11) is 0. The molecule has 4 rings (SSSR count). The normalized spacial score (nSPS) is 18.2. The molecular formula is C24H29ClN2O2. The Labute approximate surface area is 178 Å². The number of benzene rings is 2. The fraction of sp³-hybridized carbons (Fsp3) is 0.458. The van der Waals surface area contributed by atoms with Crippen LogP contribution in [0.3, 0.4) is 0 Å². The van der Waals surface area contributed by atoms with Crippen LogP contribution < -0.4 is 4.74 Å². The second-order valence-corrected chi connectivity index (χ2v) is 8.45. The van der Waals surface area contributed by atoms with E-state index in [0.29, 0.717) is 30.4 Å². The van der Waals surface area contributed by atoms with Gasteiger partial charge in [-0.3, -0.25) is 4.79 Å². The van der Waals surface area contributed by atoms with Gasteiger partial charge in [0.1, 0.15) is 12.4 Å². The third-order valence-corrected chi connectivity index (χ3v) is 6.36. The Bertz CT molecular complexity index is 816. The molecule has 2 aliphatic heterocycles. The van der Waals surface area contributed by atoms with Gasteiger partial charge in [-0.1, -0.05) is 35.9 Å². The van der Waals surface area contributed by atoms with Gasteiger partial charge in [0.25, 0.3) is 5.91 Å². The summed E-state index contributed by atoms with van der Waals surface area (Å²) in [5.74, 6) is 1.46. The highest BCUT2D eigenvalue weighted by atomic mass is 35.5. The van der Waals surface area contributed by atoms with E-state index in [2.05, 4.69) is 17.0 Å². The Kier molecular flexibility index (Phi) is 6.73. The standard InChI is InChI=1S/C24H29ClN2O2/c25-21-9-7-19(8-10-21)20-11-15-26(16-12-20)13-3-4-14-27-17-18-29-23-6-2-1-5-22(23)24(27)28/h1-2,5-10,20H,3-4,11-18H2. The third kappa shape index (κ3) is 5.12. The average Bonchev–Trinajstić information content (AvgIpc) is 2.91. The van der Waals surface area contributed by atoms with Crippen LogP contribution in [-0.2, 0) is 0 Å². The molecule has 0 atom stereocenters. The Hall–Kier alpha value is -2.04. The van der Waals surface area contributed by atoms with Gasteiger partial charge in [0.05, 0.1) is 12.1 Å². The minimum atomic E-state index is 0.0990. The van der Waals surface area contributed by atoms with Gasteiger partial charge >= 0.3 is 0 Å². The first kappa shape index (κ1) is 20.2. The molecule has 0 unspecified atom stereocenters. The average molecular weight is 413 g/mol. The number of carbonyl (C=O) groups is 1. The van der Waals surface area contributed by atoms with E-state index in [4.69, 9.17) is 16.3 Å². The van der Waals surface area contributed by atoms with Crippen molar-refractivity contribution in [2.45, 2.75) is 31.6 Å². The predicted octanol–water partition coefficient (Wildman–Crippen LogP) is 4.83. The number of hydrogen-bond donors (Lipinski definition) is 0.